The first-order valence-corrected chi connectivity index (χ1v) is 6.82. The minimum Gasteiger partial charge on any atom is -0.508 e. The molecule has 0 unspecified atom stereocenters. The van der Waals surface area contributed by atoms with E-state index in [0.717, 1.165) is 11.1 Å². The lowest BCUT2D eigenvalue weighted by atomic mass is 10.1. The van der Waals surface area contributed by atoms with Crippen molar-refractivity contribution in [1.82, 2.24) is 4.90 Å². The molecule has 0 fully saturated rings. The molecule has 0 aromatic heterocycles. The first-order valence-electron chi connectivity index (χ1n) is 6.28. The maximum Gasteiger partial charge on any atom is 0.253 e. The molecule has 0 aliphatic heterocycles. The molecule has 0 radical (unpaired) electrons. The van der Waals surface area contributed by atoms with Crippen LogP contribution in [0.2, 0.25) is 0 Å². The van der Waals surface area contributed by atoms with Gasteiger partial charge < -0.3 is 10.0 Å². The summed E-state index contributed by atoms with van der Waals surface area (Å²) in [6, 6.07) is 14.1. The van der Waals surface area contributed by atoms with Crippen LogP contribution in [0.3, 0.4) is 0 Å². The third kappa shape index (κ3) is 3.52. The molecule has 0 saturated heterocycles. The van der Waals surface area contributed by atoms with Crippen LogP contribution in [0.5, 0.6) is 5.75 Å². The number of rotatable bonds is 4. The summed E-state index contributed by atoms with van der Waals surface area (Å²) in [5.74, 6) is 0.622. The van der Waals surface area contributed by atoms with Crippen molar-refractivity contribution in [2.24, 2.45) is 0 Å². The van der Waals surface area contributed by atoms with Crippen molar-refractivity contribution in [3.8, 4) is 5.75 Å². The highest BCUT2D eigenvalue weighted by atomic mass is 35.5. The average Bonchev–Trinajstić information content (AvgIpc) is 2.49. The van der Waals surface area contributed by atoms with Crippen molar-refractivity contribution in [2.45, 2.75) is 12.4 Å². The highest BCUT2D eigenvalue weighted by molar-refractivity contribution is 6.17. The largest absolute Gasteiger partial charge is 0.508 e. The molecule has 0 spiro atoms. The molecule has 0 aliphatic carbocycles. The Hall–Kier alpha value is -2.00. The minimum atomic E-state index is -0.0424. The Morgan fingerprint density at radius 3 is 2.15 bits per heavy atom. The summed E-state index contributed by atoms with van der Waals surface area (Å²) in [6.07, 6.45) is 0. The predicted molar refractivity (Wildman–Crippen MR) is 79.9 cm³/mol. The van der Waals surface area contributed by atoms with Crippen LogP contribution >= 0.6 is 11.6 Å². The topological polar surface area (TPSA) is 40.5 Å². The zero-order valence-corrected chi connectivity index (χ0v) is 12.0. The van der Waals surface area contributed by atoms with E-state index in [0.29, 0.717) is 18.0 Å². The Kier molecular flexibility index (Phi) is 4.64. The summed E-state index contributed by atoms with van der Waals surface area (Å²) < 4.78 is 0. The SMILES string of the molecule is CN(Cc1ccc(O)cc1)C(=O)c1ccc(CCl)cc1. The molecule has 0 heterocycles. The molecule has 0 atom stereocenters. The molecule has 2 rings (SSSR count). The standard InChI is InChI=1S/C16H16ClNO2/c1-18(11-13-4-8-15(19)9-5-13)16(20)14-6-2-12(10-17)3-7-14/h2-9,19H,10-11H2,1H3. The fraction of sp³-hybridized carbons (Fsp3) is 0.188. The zero-order valence-electron chi connectivity index (χ0n) is 11.2. The Morgan fingerprint density at radius 1 is 1.05 bits per heavy atom. The number of alkyl halides is 1. The van der Waals surface area contributed by atoms with Crippen molar-refractivity contribution in [1.29, 1.82) is 0 Å². The van der Waals surface area contributed by atoms with Gasteiger partial charge in [0.05, 0.1) is 0 Å². The maximum atomic E-state index is 12.3. The molecular weight excluding hydrogens is 274 g/mol. The molecule has 20 heavy (non-hydrogen) atoms. The van der Waals surface area contributed by atoms with E-state index in [1.165, 1.54) is 0 Å². The van der Waals surface area contributed by atoms with E-state index in [1.54, 1.807) is 48.3 Å². The van der Waals surface area contributed by atoms with Crippen molar-refractivity contribution in [3.63, 3.8) is 0 Å². The van der Waals surface area contributed by atoms with E-state index in [-0.39, 0.29) is 11.7 Å². The van der Waals surface area contributed by atoms with Gasteiger partial charge in [-0.2, -0.15) is 0 Å². The summed E-state index contributed by atoms with van der Waals surface area (Å²) in [5, 5.41) is 9.24. The van der Waals surface area contributed by atoms with Gasteiger partial charge in [0.1, 0.15) is 5.75 Å². The number of aromatic hydroxyl groups is 1. The van der Waals surface area contributed by atoms with Crippen LogP contribution in [0.15, 0.2) is 48.5 Å². The van der Waals surface area contributed by atoms with Crippen molar-refractivity contribution in [3.05, 3.63) is 65.2 Å². The predicted octanol–water partition coefficient (Wildman–Crippen LogP) is 3.40. The van der Waals surface area contributed by atoms with Gasteiger partial charge in [-0.25, -0.2) is 0 Å². The molecule has 4 heteroatoms. The highest BCUT2D eigenvalue weighted by Crippen LogP contribution is 2.13. The maximum absolute atomic E-state index is 12.3. The van der Waals surface area contributed by atoms with Crippen LogP contribution in [-0.2, 0) is 12.4 Å². The molecule has 0 aliphatic rings. The monoisotopic (exact) mass is 289 g/mol. The third-order valence-corrected chi connectivity index (χ3v) is 3.37. The van der Waals surface area contributed by atoms with E-state index in [1.807, 2.05) is 12.1 Å². The normalized spacial score (nSPS) is 10.3. The zero-order chi connectivity index (χ0) is 14.5. The van der Waals surface area contributed by atoms with E-state index in [2.05, 4.69) is 0 Å². The average molecular weight is 290 g/mol. The fourth-order valence-corrected chi connectivity index (χ4v) is 2.08. The second-order valence-electron chi connectivity index (χ2n) is 4.66. The Bertz CT molecular complexity index is 578. The van der Waals surface area contributed by atoms with Gasteiger partial charge in [-0.1, -0.05) is 24.3 Å². The number of halogens is 1. The van der Waals surface area contributed by atoms with Crippen molar-refractivity contribution >= 4 is 17.5 Å². The fourth-order valence-electron chi connectivity index (χ4n) is 1.90. The van der Waals surface area contributed by atoms with Gasteiger partial charge in [-0.15, -0.1) is 11.6 Å². The van der Waals surface area contributed by atoms with Crippen molar-refractivity contribution < 1.29 is 9.90 Å². The lowest BCUT2D eigenvalue weighted by Gasteiger charge is -2.17. The van der Waals surface area contributed by atoms with E-state index < -0.39 is 0 Å². The van der Waals surface area contributed by atoms with Gasteiger partial charge in [0, 0.05) is 25.0 Å². The van der Waals surface area contributed by atoms with Crippen molar-refractivity contribution in [2.75, 3.05) is 7.05 Å². The third-order valence-electron chi connectivity index (χ3n) is 3.06. The number of hydrogen-bond acceptors (Lipinski definition) is 2. The van der Waals surface area contributed by atoms with Gasteiger partial charge in [-0.05, 0) is 35.4 Å². The van der Waals surface area contributed by atoms with Crippen LogP contribution in [-0.4, -0.2) is 23.0 Å². The summed E-state index contributed by atoms with van der Waals surface area (Å²) >= 11 is 5.73. The number of amides is 1. The van der Waals surface area contributed by atoms with Gasteiger partial charge in [0.2, 0.25) is 0 Å². The number of carbonyl (C=O) groups is 1. The van der Waals surface area contributed by atoms with Gasteiger partial charge in [0.15, 0.2) is 0 Å². The van der Waals surface area contributed by atoms with Crippen LogP contribution in [0.25, 0.3) is 0 Å². The minimum absolute atomic E-state index is 0.0424. The number of phenolic OH excluding ortho intramolecular Hbond substituents is 1. The quantitative estimate of drug-likeness (QED) is 0.876. The number of nitrogens with zero attached hydrogens (tertiary/aromatic N) is 1. The van der Waals surface area contributed by atoms with Gasteiger partial charge in [-0.3, -0.25) is 4.79 Å². The molecule has 1 N–H and O–H groups in total. The molecule has 0 bridgehead atoms. The van der Waals surface area contributed by atoms with Crippen LogP contribution in [0, 0.1) is 0 Å². The van der Waals surface area contributed by atoms with E-state index in [4.69, 9.17) is 11.6 Å². The molecule has 2 aromatic rings. The second kappa shape index (κ2) is 6.44. The smallest absolute Gasteiger partial charge is 0.253 e. The first-order chi connectivity index (χ1) is 9.60. The lowest BCUT2D eigenvalue weighted by molar-refractivity contribution is 0.0785. The Morgan fingerprint density at radius 2 is 1.60 bits per heavy atom. The summed E-state index contributed by atoms with van der Waals surface area (Å²) in [5.41, 5.74) is 2.60. The summed E-state index contributed by atoms with van der Waals surface area (Å²) in [6.45, 7) is 0.496. The summed E-state index contributed by atoms with van der Waals surface area (Å²) in [4.78, 5) is 13.9. The Labute approximate surface area is 123 Å². The van der Waals surface area contributed by atoms with E-state index in [9.17, 15) is 9.90 Å². The van der Waals surface area contributed by atoms with Gasteiger partial charge >= 0.3 is 0 Å². The molecule has 1 amide bonds. The number of benzene rings is 2. The molecule has 3 nitrogen and oxygen atoms in total. The van der Waals surface area contributed by atoms with Gasteiger partial charge in [0.25, 0.3) is 5.91 Å². The molecular formula is C16H16ClNO2. The van der Waals surface area contributed by atoms with E-state index >= 15 is 0 Å². The van der Waals surface area contributed by atoms with Crippen LogP contribution in [0.4, 0.5) is 0 Å². The molecule has 2 aromatic carbocycles. The second-order valence-corrected chi connectivity index (χ2v) is 4.93. The number of carbonyl (C=O) groups excluding carboxylic acids is 1. The van der Waals surface area contributed by atoms with Crippen LogP contribution in [0.1, 0.15) is 21.5 Å². The summed E-state index contributed by atoms with van der Waals surface area (Å²) in [7, 11) is 1.75. The first kappa shape index (κ1) is 14.4. The highest BCUT2D eigenvalue weighted by Gasteiger charge is 2.11. The lowest BCUT2D eigenvalue weighted by Crippen LogP contribution is -2.26. The van der Waals surface area contributed by atoms with Crippen LogP contribution < -0.4 is 0 Å². The molecule has 104 valence electrons. The molecule has 0 saturated carbocycles. The Balaban J connectivity index is 2.05. The number of hydrogen-bond donors (Lipinski definition) is 1. The number of phenols is 1.